The summed E-state index contributed by atoms with van der Waals surface area (Å²) in [5.74, 6) is -1.22. The van der Waals surface area contributed by atoms with Crippen molar-refractivity contribution >= 4 is 37.4 Å². The van der Waals surface area contributed by atoms with Gasteiger partial charge < -0.3 is 5.32 Å². The van der Waals surface area contributed by atoms with Crippen molar-refractivity contribution in [3.63, 3.8) is 0 Å². The third kappa shape index (κ3) is 3.93. The number of benzene rings is 2. The molecule has 1 saturated carbocycles. The van der Waals surface area contributed by atoms with Gasteiger partial charge in [0.05, 0.1) is 15.7 Å². The van der Waals surface area contributed by atoms with Crippen molar-refractivity contribution < 1.29 is 17.6 Å². The van der Waals surface area contributed by atoms with Crippen molar-refractivity contribution in [2.45, 2.75) is 35.8 Å². The predicted molar refractivity (Wildman–Crippen MR) is 97.9 cm³/mol. The standard InChI is InChI=1S/C18H17BrFNO3S/c19-12-5-10-17(20)16(11-12)18(22)21-13-6-8-15(9-7-13)25(23,24)14-3-1-2-4-14/h5-11,14H,1-4H2,(H,21,22). The second-order valence-electron chi connectivity index (χ2n) is 6.05. The lowest BCUT2D eigenvalue weighted by Crippen LogP contribution is -2.18. The predicted octanol–water partition coefficient (Wildman–Crippen LogP) is 4.56. The molecule has 4 nitrogen and oxygen atoms in total. The van der Waals surface area contributed by atoms with Crippen LogP contribution >= 0.6 is 15.9 Å². The highest BCUT2D eigenvalue weighted by Gasteiger charge is 2.30. The zero-order valence-electron chi connectivity index (χ0n) is 13.3. The molecule has 0 spiro atoms. The Morgan fingerprint density at radius 1 is 1.08 bits per heavy atom. The summed E-state index contributed by atoms with van der Waals surface area (Å²) in [7, 11) is -3.33. The Hall–Kier alpha value is -1.73. The van der Waals surface area contributed by atoms with Crippen molar-refractivity contribution in [1.82, 2.24) is 0 Å². The maximum absolute atomic E-state index is 13.8. The summed E-state index contributed by atoms with van der Waals surface area (Å²) in [6.07, 6.45) is 3.28. The second kappa shape index (κ2) is 7.25. The minimum atomic E-state index is -3.33. The normalized spacial score (nSPS) is 15.3. The highest BCUT2D eigenvalue weighted by Crippen LogP contribution is 2.30. The molecule has 1 N–H and O–H groups in total. The molecule has 2 aromatic rings. The molecule has 1 fully saturated rings. The maximum atomic E-state index is 13.8. The average molecular weight is 426 g/mol. The van der Waals surface area contributed by atoms with E-state index in [1.807, 2.05) is 0 Å². The third-order valence-corrected chi connectivity index (χ3v) is 7.13. The molecule has 1 aliphatic rings. The van der Waals surface area contributed by atoms with Gasteiger partial charge in [-0.1, -0.05) is 28.8 Å². The topological polar surface area (TPSA) is 63.2 Å². The van der Waals surface area contributed by atoms with Crippen molar-refractivity contribution in [3.05, 3.63) is 58.3 Å². The molecular formula is C18H17BrFNO3S. The molecule has 0 saturated heterocycles. The van der Waals surface area contributed by atoms with Gasteiger partial charge in [0.2, 0.25) is 0 Å². The van der Waals surface area contributed by atoms with E-state index in [9.17, 15) is 17.6 Å². The Labute approximate surface area is 154 Å². The summed E-state index contributed by atoms with van der Waals surface area (Å²) < 4.78 is 39.4. The van der Waals surface area contributed by atoms with Crippen LogP contribution in [0.5, 0.6) is 0 Å². The fraction of sp³-hybridized carbons (Fsp3) is 0.278. The number of amides is 1. The van der Waals surface area contributed by atoms with Crippen molar-refractivity contribution in [3.8, 4) is 0 Å². The van der Waals surface area contributed by atoms with E-state index in [0.29, 0.717) is 23.0 Å². The van der Waals surface area contributed by atoms with E-state index in [1.54, 1.807) is 0 Å². The summed E-state index contributed by atoms with van der Waals surface area (Å²) in [5.41, 5.74) is 0.326. The molecule has 3 rings (SSSR count). The molecule has 0 aliphatic heterocycles. The smallest absolute Gasteiger partial charge is 0.258 e. The molecule has 2 aromatic carbocycles. The zero-order valence-corrected chi connectivity index (χ0v) is 15.7. The maximum Gasteiger partial charge on any atom is 0.258 e. The average Bonchev–Trinajstić information content (AvgIpc) is 3.13. The zero-order chi connectivity index (χ0) is 18.0. The van der Waals surface area contributed by atoms with Crippen LogP contribution in [0.3, 0.4) is 0 Å². The quantitative estimate of drug-likeness (QED) is 0.780. The van der Waals surface area contributed by atoms with Crippen LogP contribution in [0.4, 0.5) is 10.1 Å². The molecule has 0 aromatic heterocycles. The summed E-state index contributed by atoms with van der Waals surface area (Å²) in [5, 5.41) is 2.26. The van der Waals surface area contributed by atoms with Crippen LogP contribution in [-0.4, -0.2) is 19.6 Å². The summed E-state index contributed by atoms with van der Waals surface area (Å²) >= 11 is 3.20. The third-order valence-electron chi connectivity index (χ3n) is 4.35. The number of halogens is 2. The first-order valence-electron chi connectivity index (χ1n) is 7.98. The number of sulfone groups is 1. The first-order chi connectivity index (χ1) is 11.9. The molecule has 0 bridgehead atoms. The molecule has 132 valence electrons. The van der Waals surface area contributed by atoms with Crippen LogP contribution in [0, 0.1) is 5.82 Å². The van der Waals surface area contributed by atoms with Gasteiger partial charge in [-0.15, -0.1) is 0 Å². The second-order valence-corrected chi connectivity index (χ2v) is 9.20. The van der Waals surface area contributed by atoms with Gasteiger partial charge in [-0.2, -0.15) is 0 Å². The number of carbonyl (C=O) groups is 1. The van der Waals surface area contributed by atoms with Crippen molar-refractivity contribution in [2.75, 3.05) is 5.32 Å². The van der Waals surface area contributed by atoms with E-state index in [-0.39, 0.29) is 15.7 Å². The summed E-state index contributed by atoms with van der Waals surface area (Å²) in [6.45, 7) is 0. The molecule has 7 heteroatoms. The summed E-state index contributed by atoms with van der Waals surface area (Å²) in [4.78, 5) is 12.4. The van der Waals surface area contributed by atoms with E-state index in [0.717, 1.165) is 12.8 Å². The summed E-state index contributed by atoms with van der Waals surface area (Å²) in [6, 6.07) is 10.1. The molecule has 1 amide bonds. The van der Waals surface area contributed by atoms with Crippen LogP contribution in [0.1, 0.15) is 36.0 Å². The lowest BCUT2D eigenvalue weighted by molar-refractivity contribution is 0.102. The van der Waals surface area contributed by atoms with Gasteiger partial charge in [-0.05, 0) is 55.3 Å². The minimum Gasteiger partial charge on any atom is -0.322 e. The van der Waals surface area contributed by atoms with E-state index in [2.05, 4.69) is 21.2 Å². The Kier molecular flexibility index (Phi) is 5.24. The van der Waals surface area contributed by atoms with Gasteiger partial charge in [-0.3, -0.25) is 4.79 Å². The Balaban J connectivity index is 1.76. The van der Waals surface area contributed by atoms with E-state index < -0.39 is 21.6 Å². The van der Waals surface area contributed by atoms with Gasteiger partial charge in [0.1, 0.15) is 5.82 Å². The van der Waals surface area contributed by atoms with Crippen LogP contribution in [-0.2, 0) is 9.84 Å². The molecule has 1 aliphatic carbocycles. The molecule has 0 atom stereocenters. The number of carbonyl (C=O) groups excluding carboxylic acids is 1. The van der Waals surface area contributed by atoms with Crippen LogP contribution in [0.15, 0.2) is 51.8 Å². The number of anilines is 1. The lowest BCUT2D eigenvalue weighted by Gasteiger charge is -2.12. The van der Waals surface area contributed by atoms with Crippen LogP contribution in [0.25, 0.3) is 0 Å². The van der Waals surface area contributed by atoms with Gasteiger partial charge in [0, 0.05) is 10.2 Å². The lowest BCUT2D eigenvalue weighted by atomic mass is 10.2. The largest absolute Gasteiger partial charge is 0.322 e. The number of hydrogen-bond donors (Lipinski definition) is 1. The van der Waals surface area contributed by atoms with Gasteiger partial charge >= 0.3 is 0 Å². The first-order valence-corrected chi connectivity index (χ1v) is 10.3. The van der Waals surface area contributed by atoms with E-state index >= 15 is 0 Å². The molecule has 0 unspecified atom stereocenters. The molecular weight excluding hydrogens is 409 g/mol. The van der Waals surface area contributed by atoms with Crippen LogP contribution < -0.4 is 5.32 Å². The highest BCUT2D eigenvalue weighted by atomic mass is 79.9. The fourth-order valence-corrected chi connectivity index (χ4v) is 5.20. The Bertz CT molecular complexity index is 891. The highest BCUT2D eigenvalue weighted by molar-refractivity contribution is 9.10. The fourth-order valence-electron chi connectivity index (χ4n) is 2.99. The van der Waals surface area contributed by atoms with E-state index in [4.69, 9.17) is 0 Å². The van der Waals surface area contributed by atoms with Crippen molar-refractivity contribution in [1.29, 1.82) is 0 Å². The minimum absolute atomic E-state index is 0.0861. The molecule has 0 heterocycles. The monoisotopic (exact) mass is 425 g/mol. The SMILES string of the molecule is O=C(Nc1ccc(S(=O)(=O)C2CCCC2)cc1)c1cc(Br)ccc1F. The molecule has 25 heavy (non-hydrogen) atoms. The Morgan fingerprint density at radius 2 is 1.72 bits per heavy atom. The number of hydrogen-bond acceptors (Lipinski definition) is 3. The number of rotatable bonds is 4. The first kappa shape index (κ1) is 18.1. The van der Waals surface area contributed by atoms with E-state index in [1.165, 1.54) is 42.5 Å². The van der Waals surface area contributed by atoms with Gasteiger partial charge in [0.15, 0.2) is 9.84 Å². The number of nitrogens with one attached hydrogen (secondary N) is 1. The Morgan fingerprint density at radius 3 is 2.36 bits per heavy atom. The van der Waals surface area contributed by atoms with Gasteiger partial charge in [-0.25, -0.2) is 12.8 Å². The molecule has 0 radical (unpaired) electrons. The van der Waals surface area contributed by atoms with Crippen molar-refractivity contribution in [2.24, 2.45) is 0 Å². The van der Waals surface area contributed by atoms with Gasteiger partial charge in [0.25, 0.3) is 5.91 Å². The van der Waals surface area contributed by atoms with Crippen LogP contribution in [0.2, 0.25) is 0 Å².